The molecule has 0 unspecified atom stereocenters. The van der Waals surface area contributed by atoms with E-state index >= 15 is 0 Å². The highest BCUT2D eigenvalue weighted by Gasteiger charge is 2.17. The maximum Gasteiger partial charge on any atom is 0.273 e. The third-order valence-electron chi connectivity index (χ3n) is 4.19. The molecule has 140 valence electrons. The minimum atomic E-state index is -0.261. The first-order valence-electron chi connectivity index (χ1n) is 8.48. The number of ether oxygens (including phenoxy) is 3. The summed E-state index contributed by atoms with van der Waals surface area (Å²) in [7, 11) is 3.98. The largest absolute Gasteiger partial charge is 0.484 e. The molecule has 8 nitrogen and oxygen atoms in total. The Kier molecular flexibility index (Phi) is 5.62. The van der Waals surface area contributed by atoms with Crippen molar-refractivity contribution >= 4 is 5.91 Å². The minimum Gasteiger partial charge on any atom is -0.484 e. The van der Waals surface area contributed by atoms with Crippen molar-refractivity contribution in [1.29, 1.82) is 0 Å². The van der Waals surface area contributed by atoms with Gasteiger partial charge in [-0.3, -0.25) is 4.79 Å². The molecule has 1 aliphatic heterocycles. The highest BCUT2D eigenvalue weighted by molar-refractivity contribution is 5.91. The normalized spacial score (nSPS) is 13.7. The van der Waals surface area contributed by atoms with Crippen molar-refractivity contribution in [3.05, 3.63) is 36.0 Å². The lowest BCUT2D eigenvalue weighted by Crippen LogP contribution is -2.39. The van der Waals surface area contributed by atoms with Gasteiger partial charge in [-0.05, 0) is 32.6 Å². The van der Waals surface area contributed by atoms with Gasteiger partial charge in [0.2, 0.25) is 12.7 Å². The summed E-state index contributed by atoms with van der Waals surface area (Å²) in [5.41, 5.74) is 0.239. The van der Waals surface area contributed by atoms with Gasteiger partial charge in [0, 0.05) is 18.7 Å². The number of nitrogens with zero attached hydrogens (tertiary/aromatic N) is 2. The highest BCUT2D eigenvalue weighted by Crippen LogP contribution is 2.35. The Bertz CT molecular complexity index is 759. The van der Waals surface area contributed by atoms with E-state index in [1.807, 2.05) is 14.1 Å². The fraction of sp³-hybridized carbons (Fsp3) is 0.444. The molecular weight excluding hydrogens is 338 g/mol. The second-order valence-electron chi connectivity index (χ2n) is 6.17. The fourth-order valence-electron chi connectivity index (χ4n) is 2.59. The summed E-state index contributed by atoms with van der Waals surface area (Å²) >= 11 is 0. The van der Waals surface area contributed by atoms with Gasteiger partial charge < -0.3 is 28.8 Å². The number of benzene rings is 1. The van der Waals surface area contributed by atoms with Gasteiger partial charge in [-0.2, -0.15) is 0 Å². The van der Waals surface area contributed by atoms with Gasteiger partial charge in [0.25, 0.3) is 5.91 Å². The second-order valence-corrected chi connectivity index (χ2v) is 6.17. The molecule has 1 amide bonds. The zero-order chi connectivity index (χ0) is 18.5. The summed E-state index contributed by atoms with van der Waals surface area (Å²) in [6.45, 7) is 2.96. The molecule has 8 heteroatoms. The molecule has 0 bridgehead atoms. The van der Waals surface area contributed by atoms with Crippen LogP contribution in [0.25, 0.3) is 0 Å². The molecule has 26 heavy (non-hydrogen) atoms. The number of rotatable bonds is 8. The van der Waals surface area contributed by atoms with Crippen LogP contribution in [-0.2, 0) is 6.61 Å². The van der Waals surface area contributed by atoms with Gasteiger partial charge >= 0.3 is 0 Å². The van der Waals surface area contributed by atoms with Crippen LogP contribution in [0.3, 0.4) is 0 Å². The van der Waals surface area contributed by atoms with Crippen molar-refractivity contribution in [2.75, 3.05) is 27.4 Å². The van der Waals surface area contributed by atoms with E-state index in [9.17, 15) is 4.79 Å². The SMILES string of the molecule is CC[C@H](CNC(=O)c1coc(COc2ccc3c(c2)OCO3)n1)N(C)C. The van der Waals surface area contributed by atoms with E-state index in [4.69, 9.17) is 18.6 Å². The predicted molar refractivity (Wildman–Crippen MR) is 93.5 cm³/mol. The Morgan fingerprint density at radius 3 is 2.92 bits per heavy atom. The van der Waals surface area contributed by atoms with Crippen molar-refractivity contribution in [2.24, 2.45) is 0 Å². The molecule has 0 saturated heterocycles. The lowest BCUT2D eigenvalue weighted by atomic mass is 10.2. The van der Waals surface area contributed by atoms with Crippen LogP contribution in [-0.4, -0.2) is 49.3 Å². The van der Waals surface area contributed by atoms with E-state index in [2.05, 4.69) is 22.1 Å². The molecule has 3 rings (SSSR count). The molecule has 0 fully saturated rings. The maximum atomic E-state index is 12.2. The first-order chi connectivity index (χ1) is 12.6. The number of carbonyl (C=O) groups excluding carboxylic acids is 1. The van der Waals surface area contributed by atoms with Crippen LogP contribution in [0.5, 0.6) is 17.2 Å². The lowest BCUT2D eigenvalue weighted by Gasteiger charge is -2.22. The van der Waals surface area contributed by atoms with E-state index in [0.717, 1.165) is 6.42 Å². The summed E-state index contributed by atoms with van der Waals surface area (Å²) in [6, 6.07) is 5.57. The second kappa shape index (κ2) is 8.09. The number of amides is 1. The molecule has 2 heterocycles. The Labute approximate surface area is 152 Å². The molecule has 1 N–H and O–H groups in total. The summed E-state index contributed by atoms with van der Waals surface area (Å²) in [5.74, 6) is 2.00. The molecule has 1 aromatic carbocycles. The van der Waals surface area contributed by atoms with Crippen molar-refractivity contribution in [2.45, 2.75) is 26.0 Å². The number of fused-ring (bicyclic) bond motifs is 1. The molecule has 0 spiro atoms. The predicted octanol–water partition coefficient (Wildman–Crippen LogP) is 2.05. The van der Waals surface area contributed by atoms with E-state index in [0.29, 0.717) is 29.7 Å². The third-order valence-corrected chi connectivity index (χ3v) is 4.19. The van der Waals surface area contributed by atoms with Gasteiger partial charge in [-0.1, -0.05) is 6.92 Å². The molecule has 2 aromatic rings. The van der Waals surface area contributed by atoms with Crippen molar-refractivity contribution < 1.29 is 23.4 Å². The lowest BCUT2D eigenvalue weighted by molar-refractivity contribution is 0.0936. The van der Waals surface area contributed by atoms with Gasteiger partial charge in [0.1, 0.15) is 12.0 Å². The number of nitrogens with one attached hydrogen (secondary N) is 1. The van der Waals surface area contributed by atoms with Crippen LogP contribution in [0.15, 0.2) is 28.9 Å². The van der Waals surface area contributed by atoms with Crippen molar-refractivity contribution in [1.82, 2.24) is 15.2 Å². The molecule has 0 aliphatic carbocycles. The highest BCUT2D eigenvalue weighted by atomic mass is 16.7. The zero-order valence-corrected chi connectivity index (χ0v) is 15.2. The van der Waals surface area contributed by atoms with Crippen LogP contribution >= 0.6 is 0 Å². The molecule has 1 aliphatic rings. The Morgan fingerprint density at radius 1 is 1.35 bits per heavy atom. The maximum absolute atomic E-state index is 12.2. The topological polar surface area (TPSA) is 86.1 Å². The number of aromatic nitrogens is 1. The van der Waals surface area contributed by atoms with E-state index in [1.54, 1.807) is 18.2 Å². The number of hydrogen-bond acceptors (Lipinski definition) is 7. The number of likely N-dealkylation sites (N-methyl/N-ethyl adjacent to an activating group) is 1. The van der Waals surface area contributed by atoms with Crippen molar-refractivity contribution in [3.8, 4) is 17.2 Å². The molecule has 1 atom stereocenters. The number of carbonyl (C=O) groups is 1. The van der Waals surface area contributed by atoms with Gasteiger partial charge in [0.05, 0.1) is 0 Å². The fourth-order valence-corrected chi connectivity index (χ4v) is 2.59. The average Bonchev–Trinajstić information content (AvgIpc) is 3.28. The van der Waals surface area contributed by atoms with Gasteiger partial charge in [-0.25, -0.2) is 4.98 Å². The third kappa shape index (κ3) is 4.26. The Morgan fingerprint density at radius 2 is 2.15 bits per heavy atom. The van der Waals surface area contributed by atoms with E-state index in [-0.39, 0.29) is 31.0 Å². The standard InChI is InChI=1S/C18H23N3O5/c1-4-12(21(2)3)8-19-18(22)14-9-24-17(20-14)10-23-13-5-6-15-16(7-13)26-11-25-15/h5-7,9,12H,4,8,10-11H2,1-3H3,(H,19,22)/t12-/m1/s1. The van der Waals surface area contributed by atoms with Gasteiger partial charge in [-0.15, -0.1) is 0 Å². The van der Waals surface area contributed by atoms with Crippen LogP contribution in [0, 0.1) is 0 Å². The van der Waals surface area contributed by atoms with Crippen LogP contribution in [0.1, 0.15) is 29.7 Å². The smallest absolute Gasteiger partial charge is 0.273 e. The van der Waals surface area contributed by atoms with Crippen molar-refractivity contribution in [3.63, 3.8) is 0 Å². The van der Waals surface area contributed by atoms with Gasteiger partial charge in [0.15, 0.2) is 23.8 Å². The zero-order valence-electron chi connectivity index (χ0n) is 15.2. The molecule has 0 saturated carbocycles. The van der Waals surface area contributed by atoms with E-state index in [1.165, 1.54) is 6.26 Å². The molecular formula is C18H23N3O5. The first kappa shape index (κ1) is 18.1. The number of oxazole rings is 1. The summed E-state index contributed by atoms with van der Waals surface area (Å²) in [5, 5.41) is 2.87. The average molecular weight is 361 g/mol. The minimum absolute atomic E-state index is 0.113. The molecule has 1 aromatic heterocycles. The quantitative estimate of drug-likeness (QED) is 0.770. The summed E-state index contributed by atoms with van der Waals surface area (Å²) < 4.78 is 21.5. The number of hydrogen-bond donors (Lipinski definition) is 1. The summed E-state index contributed by atoms with van der Waals surface area (Å²) in [4.78, 5) is 18.4. The molecule has 0 radical (unpaired) electrons. The monoisotopic (exact) mass is 361 g/mol. The van der Waals surface area contributed by atoms with Crippen LogP contribution in [0.2, 0.25) is 0 Å². The van der Waals surface area contributed by atoms with Crippen LogP contribution in [0.4, 0.5) is 0 Å². The van der Waals surface area contributed by atoms with E-state index < -0.39 is 0 Å². The first-order valence-corrected chi connectivity index (χ1v) is 8.48. The summed E-state index contributed by atoms with van der Waals surface area (Å²) in [6.07, 6.45) is 2.28. The Hall–Kier alpha value is -2.74. The Balaban J connectivity index is 1.52. The van der Waals surface area contributed by atoms with Crippen LogP contribution < -0.4 is 19.5 Å².